The molecule has 1 aliphatic heterocycles. The monoisotopic (exact) mass is 303 g/mol. The lowest BCUT2D eigenvalue weighted by Crippen LogP contribution is -2.37. The molecule has 6 heteroatoms. The summed E-state index contributed by atoms with van der Waals surface area (Å²) in [5.74, 6) is 4.25. The predicted octanol–water partition coefficient (Wildman–Crippen LogP) is 2.41. The molecule has 1 atom stereocenters. The molecule has 3 heterocycles. The summed E-state index contributed by atoms with van der Waals surface area (Å²) in [7, 11) is 0. The number of rotatable bonds is 4. The first kappa shape index (κ1) is 15.2. The lowest BCUT2D eigenvalue weighted by atomic mass is 9.98. The smallest absolute Gasteiger partial charge is 0.208 e. The van der Waals surface area contributed by atoms with Gasteiger partial charge in [0.2, 0.25) is 5.89 Å². The van der Waals surface area contributed by atoms with Crippen molar-refractivity contribution in [2.45, 2.75) is 53.6 Å². The van der Waals surface area contributed by atoms with Crippen LogP contribution in [0.1, 0.15) is 41.8 Å². The minimum atomic E-state index is 0.616. The predicted molar refractivity (Wildman–Crippen MR) is 83.5 cm³/mol. The Morgan fingerprint density at radius 1 is 1.18 bits per heavy atom. The molecule has 3 rings (SSSR count). The molecule has 6 nitrogen and oxygen atoms in total. The minimum Gasteiger partial charge on any atom is -0.444 e. The van der Waals surface area contributed by atoms with Crippen molar-refractivity contribution in [1.82, 2.24) is 24.6 Å². The Bertz CT molecular complexity index is 626. The zero-order valence-electron chi connectivity index (χ0n) is 14.0. The van der Waals surface area contributed by atoms with E-state index in [0.29, 0.717) is 5.92 Å². The van der Waals surface area contributed by atoms with Crippen LogP contribution in [0.15, 0.2) is 4.42 Å². The Morgan fingerprint density at radius 3 is 2.64 bits per heavy atom. The quantitative estimate of drug-likeness (QED) is 0.868. The van der Waals surface area contributed by atoms with Crippen molar-refractivity contribution >= 4 is 0 Å². The van der Waals surface area contributed by atoms with Gasteiger partial charge in [-0.1, -0.05) is 0 Å². The van der Waals surface area contributed by atoms with Crippen LogP contribution < -0.4 is 0 Å². The third-order valence-corrected chi connectivity index (χ3v) is 4.43. The van der Waals surface area contributed by atoms with E-state index in [-0.39, 0.29) is 0 Å². The summed E-state index contributed by atoms with van der Waals surface area (Å²) in [5, 5.41) is 4.48. The van der Waals surface area contributed by atoms with E-state index in [2.05, 4.69) is 20.0 Å². The average molecular weight is 303 g/mol. The number of nitrogens with zero attached hydrogens (tertiary/aromatic N) is 5. The van der Waals surface area contributed by atoms with Gasteiger partial charge < -0.3 is 4.42 Å². The second kappa shape index (κ2) is 6.20. The van der Waals surface area contributed by atoms with E-state index < -0.39 is 0 Å². The maximum atomic E-state index is 5.71. The van der Waals surface area contributed by atoms with Crippen molar-refractivity contribution in [3.63, 3.8) is 0 Å². The molecule has 120 valence electrons. The summed E-state index contributed by atoms with van der Waals surface area (Å²) in [5.41, 5.74) is 0.997. The molecule has 0 N–H and O–H groups in total. The zero-order chi connectivity index (χ0) is 15.7. The van der Waals surface area contributed by atoms with Crippen molar-refractivity contribution in [2.75, 3.05) is 13.1 Å². The second-order valence-corrected chi connectivity index (χ2v) is 6.38. The van der Waals surface area contributed by atoms with Gasteiger partial charge in [0, 0.05) is 13.1 Å². The van der Waals surface area contributed by atoms with Gasteiger partial charge in [-0.2, -0.15) is 5.10 Å². The first-order valence-electron chi connectivity index (χ1n) is 8.04. The Morgan fingerprint density at radius 2 is 2.00 bits per heavy atom. The van der Waals surface area contributed by atoms with E-state index in [1.54, 1.807) is 0 Å². The third kappa shape index (κ3) is 3.38. The molecule has 2 aromatic rings. The number of piperidine rings is 1. The molecule has 1 fully saturated rings. The summed E-state index contributed by atoms with van der Waals surface area (Å²) in [6, 6.07) is 0. The standard InChI is InChI=1S/C16H25N5O/c1-11-12(2)22-16(17-11)10-20-7-5-6-15(8-20)9-21-14(4)18-13(3)19-21/h15H,5-10H2,1-4H3. The largest absolute Gasteiger partial charge is 0.444 e. The van der Waals surface area contributed by atoms with Gasteiger partial charge >= 0.3 is 0 Å². The summed E-state index contributed by atoms with van der Waals surface area (Å²) in [6.45, 7) is 11.9. The average Bonchev–Trinajstić information content (AvgIpc) is 2.92. The second-order valence-electron chi connectivity index (χ2n) is 6.38. The lowest BCUT2D eigenvalue weighted by molar-refractivity contribution is 0.141. The SMILES string of the molecule is Cc1nc(C)n(CC2CCCN(Cc3nc(C)c(C)o3)C2)n1. The van der Waals surface area contributed by atoms with Crippen LogP contribution >= 0.6 is 0 Å². The molecule has 1 saturated heterocycles. The minimum absolute atomic E-state index is 0.616. The van der Waals surface area contributed by atoms with Crippen molar-refractivity contribution in [1.29, 1.82) is 0 Å². The van der Waals surface area contributed by atoms with Gasteiger partial charge in [0.15, 0.2) is 0 Å². The highest BCUT2D eigenvalue weighted by Gasteiger charge is 2.22. The molecule has 1 unspecified atom stereocenters. The van der Waals surface area contributed by atoms with Crippen LogP contribution in [-0.4, -0.2) is 37.7 Å². The highest BCUT2D eigenvalue weighted by molar-refractivity contribution is 5.05. The molecule has 0 aromatic carbocycles. The van der Waals surface area contributed by atoms with Gasteiger partial charge in [-0.3, -0.25) is 4.90 Å². The first-order valence-corrected chi connectivity index (χ1v) is 8.04. The van der Waals surface area contributed by atoms with Gasteiger partial charge in [-0.15, -0.1) is 0 Å². The number of aromatic nitrogens is 4. The molecule has 0 radical (unpaired) electrons. The molecule has 2 aromatic heterocycles. The molecule has 22 heavy (non-hydrogen) atoms. The fraction of sp³-hybridized carbons (Fsp3) is 0.688. The highest BCUT2D eigenvalue weighted by atomic mass is 16.4. The topological polar surface area (TPSA) is 60.0 Å². The maximum absolute atomic E-state index is 5.71. The molecular weight excluding hydrogens is 278 g/mol. The van der Waals surface area contributed by atoms with Gasteiger partial charge in [-0.05, 0) is 53.0 Å². The zero-order valence-corrected chi connectivity index (χ0v) is 14.0. The van der Waals surface area contributed by atoms with Crippen LogP contribution in [0.3, 0.4) is 0 Å². The van der Waals surface area contributed by atoms with Crippen LogP contribution in [0, 0.1) is 33.6 Å². The van der Waals surface area contributed by atoms with Crippen LogP contribution in [0.2, 0.25) is 0 Å². The molecular formula is C16H25N5O. The van der Waals surface area contributed by atoms with Gasteiger partial charge in [0.25, 0.3) is 0 Å². The fourth-order valence-corrected chi connectivity index (χ4v) is 3.22. The van der Waals surface area contributed by atoms with Crippen LogP contribution in [0.25, 0.3) is 0 Å². The molecule has 1 aliphatic rings. The van der Waals surface area contributed by atoms with E-state index in [1.807, 2.05) is 32.4 Å². The Kier molecular flexibility index (Phi) is 4.29. The van der Waals surface area contributed by atoms with Crippen molar-refractivity contribution in [2.24, 2.45) is 5.92 Å². The number of oxazole rings is 1. The number of aryl methyl sites for hydroxylation is 4. The van der Waals surface area contributed by atoms with E-state index in [9.17, 15) is 0 Å². The third-order valence-electron chi connectivity index (χ3n) is 4.43. The van der Waals surface area contributed by atoms with E-state index in [0.717, 1.165) is 55.2 Å². The van der Waals surface area contributed by atoms with E-state index >= 15 is 0 Å². The fourth-order valence-electron chi connectivity index (χ4n) is 3.22. The molecule has 0 bridgehead atoms. The van der Waals surface area contributed by atoms with Crippen molar-refractivity contribution < 1.29 is 4.42 Å². The number of hydrogen-bond acceptors (Lipinski definition) is 5. The van der Waals surface area contributed by atoms with Crippen LogP contribution in [0.4, 0.5) is 0 Å². The molecule has 0 spiro atoms. The molecule has 0 saturated carbocycles. The van der Waals surface area contributed by atoms with E-state index in [1.165, 1.54) is 12.8 Å². The maximum Gasteiger partial charge on any atom is 0.208 e. The highest BCUT2D eigenvalue weighted by Crippen LogP contribution is 2.21. The Labute approximate surface area is 131 Å². The van der Waals surface area contributed by atoms with Crippen molar-refractivity contribution in [3.05, 3.63) is 29.0 Å². The van der Waals surface area contributed by atoms with Gasteiger partial charge in [0.05, 0.1) is 12.2 Å². The summed E-state index contributed by atoms with van der Waals surface area (Å²) in [6.07, 6.45) is 2.47. The molecule has 0 aliphatic carbocycles. The van der Waals surface area contributed by atoms with Crippen LogP contribution in [0.5, 0.6) is 0 Å². The van der Waals surface area contributed by atoms with Crippen LogP contribution in [-0.2, 0) is 13.1 Å². The van der Waals surface area contributed by atoms with E-state index in [4.69, 9.17) is 4.42 Å². The number of likely N-dealkylation sites (tertiary alicyclic amines) is 1. The van der Waals surface area contributed by atoms with Crippen molar-refractivity contribution in [3.8, 4) is 0 Å². The van der Waals surface area contributed by atoms with Gasteiger partial charge in [0.1, 0.15) is 17.4 Å². The van der Waals surface area contributed by atoms with Gasteiger partial charge in [-0.25, -0.2) is 14.6 Å². The number of hydrogen-bond donors (Lipinski definition) is 0. The summed E-state index contributed by atoms with van der Waals surface area (Å²) >= 11 is 0. The summed E-state index contributed by atoms with van der Waals surface area (Å²) in [4.78, 5) is 11.3. The summed E-state index contributed by atoms with van der Waals surface area (Å²) < 4.78 is 7.76. The Hall–Kier alpha value is -1.69. The molecule has 0 amide bonds. The normalized spacial score (nSPS) is 19.7. The first-order chi connectivity index (χ1) is 10.5. The Balaban J connectivity index is 1.60. The lowest BCUT2D eigenvalue weighted by Gasteiger charge is -2.31.